The number of nitrogens with zero attached hydrogens (tertiary/aromatic N) is 3. The molecule has 0 spiro atoms. The Labute approximate surface area is 142 Å². The highest BCUT2D eigenvalue weighted by Crippen LogP contribution is 2.12. The summed E-state index contributed by atoms with van der Waals surface area (Å²) in [6.45, 7) is 0. The fourth-order valence-corrected chi connectivity index (χ4v) is 2.22. The second-order valence-corrected chi connectivity index (χ2v) is 4.98. The highest BCUT2D eigenvalue weighted by molar-refractivity contribution is 6.58. The number of hydrogen-bond donors (Lipinski definition) is 0. The van der Waals surface area contributed by atoms with E-state index in [1.807, 2.05) is 85.1 Å². The monoisotopic (exact) mass is 311 g/mol. The molecule has 0 N–H and O–H groups in total. The average molecular weight is 311 g/mol. The van der Waals surface area contributed by atoms with E-state index in [1.165, 1.54) is 0 Å². The first-order chi connectivity index (χ1) is 11.9. The molecular weight excluding hydrogens is 294 g/mol. The maximum absolute atomic E-state index is 4.61. The third kappa shape index (κ3) is 4.11. The Morgan fingerprint density at radius 1 is 0.458 bits per heavy atom. The van der Waals surface area contributed by atoms with Gasteiger partial charge in [-0.1, -0.05) is 54.7 Å². The van der Waals surface area contributed by atoms with Gasteiger partial charge in [0.05, 0.1) is 17.1 Å². The first-order valence-corrected chi connectivity index (χ1v) is 7.73. The van der Waals surface area contributed by atoms with Gasteiger partial charge in [-0.3, -0.25) is 15.0 Å². The number of rotatable bonds is 2. The van der Waals surface area contributed by atoms with Crippen molar-refractivity contribution in [2.24, 2.45) is 15.0 Å². The van der Waals surface area contributed by atoms with Crippen molar-refractivity contribution in [2.75, 3.05) is 0 Å². The van der Waals surface area contributed by atoms with Crippen LogP contribution in [0.25, 0.3) is 0 Å². The Morgan fingerprint density at radius 2 is 1.00 bits per heavy atom. The Hall–Kier alpha value is -3.33. The quantitative estimate of drug-likeness (QED) is 0.715. The summed E-state index contributed by atoms with van der Waals surface area (Å²) in [4.78, 5) is 13.7. The molecule has 0 saturated heterocycles. The van der Waals surface area contributed by atoms with Gasteiger partial charge in [0.2, 0.25) is 0 Å². The van der Waals surface area contributed by atoms with Crippen molar-refractivity contribution in [1.29, 1.82) is 0 Å². The molecule has 3 aliphatic rings. The molecule has 0 aliphatic carbocycles. The minimum absolute atomic E-state index is 0.785. The van der Waals surface area contributed by atoms with Crippen molar-refractivity contribution in [3.8, 4) is 0 Å². The summed E-state index contributed by atoms with van der Waals surface area (Å²) in [6, 6.07) is 0. The minimum atomic E-state index is 0.785. The van der Waals surface area contributed by atoms with E-state index in [0.717, 1.165) is 22.7 Å². The van der Waals surface area contributed by atoms with Gasteiger partial charge >= 0.3 is 0 Å². The van der Waals surface area contributed by atoms with E-state index in [0.29, 0.717) is 0 Å². The SMILES string of the molecule is C1=C\C=C/C(C2=C/C=C\C=C/N=C\2C2=N/C=C\C=C/C=C\2)=N\C=C/1. The van der Waals surface area contributed by atoms with Crippen LogP contribution in [0.5, 0.6) is 0 Å². The van der Waals surface area contributed by atoms with E-state index >= 15 is 0 Å². The molecule has 24 heavy (non-hydrogen) atoms. The van der Waals surface area contributed by atoms with Gasteiger partial charge in [0.25, 0.3) is 0 Å². The third-order valence-corrected chi connectivity index (χ3v) is 3.32. The van der Waals surface area contributed by atoms with Crippen LogP contribution in [0, 0.1) is 0 Å². The van der Waals surface area contributed by atoms with E-state index in [4.69, 9.17) is 0 Å². The first-order valence-electron chi connectivity index (χ1n) is 7.73. The first kappa shape index (κ1) is 15.6. The van der Waals surface area contributed by atoms with Gasteiger partial charge in [-0.15, -0.1) is 0 Å². The summed E-state index contributed by atoms with van der Waals surface area (Å²) >= 11 is 0. The van der Waals surface area contributed by atoms with Crippen LogP contribution >= 0.6 is 0 Å². The average Bonchev–Trinajstić information content (AvgIpc) is 2.49. The van der Waals surface area contributed by atoms with E-state index in [2.05, 4.69) is 15.0 Å². The highest BCUT2D eigenvalue weighted by Gasteiger charge is 2.16. The molecule has 3 rings (SSSR count). The predicted octanol–water partition coefficient (Wildman–Crippen LogP) is 4.60. The van der Waals surface area contributed by atoms with Gasteiger partial charge in [0.15, 0.2) is 0 Å². The summed E-state index contributed by atoms with van der Waals surface area (Å²) in [7, 11) is 0. The second-order valence-electron chi connectivity index (χ2n) is 4.98. The zero-order valence-electron chi connectivity index (χ0n) is 13.2. The molecular formula is C21H17N3. The summed E-state index contributed by atoms with van der Waals surface area (Å²) in [5.41, 5.74) is 3.34. The molecule has 0 radical (unpaired) electrons. The zero-order valence-corrected chi connectivity index (χ0v) is 13.2. The molecule has 0 atom stereocenters. The molecule has 3 heteroatoms. The van der Waals surface area contributed by atoms with Crippen LogP contribution in [0.1, 0.15) is 0 Å². The third-order valence-electron chi connectivity index (χ3n) is 3.32. The summed E-state index contributed by atoms with van der Waals surface area (Å²) < 4.78 is 0. The van der Waals surface area contributed by atoms with Gasteiger partial charge in [-0.25, -0.2) is 0 Å². The van der Waals surface area contributed by atoms with E-state index in [1.54, 1.807) is 18.6 Å². The Kier molecular flexibility index (Phi) is 5.41. The number of aliphatic imine (C=N–C) groups is 3. The van der Waals surface area contributed by atoms with Gasteiger partial charge < -0.3 is 0 Å². The lowest BCUT2D eigenvalue weighted by atomic mass is 9.98. The van der Waals surface area contributed by atoms with Crippen LogP contribution in [0.2, 0.25) is 0 Å². The predicted molar refractivity (Wildman–Crippen MR) is 104 cm³/mol. The van der Waals surface area contributed by atoms with Gasteiger partial charge in [-0.2, -0.15) is 0 Å². The fourth-order valence-electron chi connectivity index (χ4n) is 2.22. The normalized spacial score (nSPS) is 38.7. The molecule has 0 saturated carbocycles. The molecule has 0 aromatic carbocycles. The van der Waals surface area contributed by atoms with E-state index in [9.17, 15) is 0 Å². The van der Waals surface area contributed by atoms with Gasteiger partial charge in [0.1, 0.15) is 0 Å². The van der Waals surface area contributed by atoms with Crippen LogP contribution in [0.3, 0.4) is 0 Å². The highest BCUT2D eigenvalue weighted by atomic mass is 14.8. The smallest absolute Gasteiger partial charge is 0.0980 e. The van der Waals surface area contributed by atoms with Crippen molar-refractivity contribution in [2.45, 2.75) is 0 Å². The molecule has 0 aromatic heterocycles. The lowest BCUT2D eigenvalue weighted by Crippen LogP contribution is -2.20. The topological polar surface area (TPSA) is 37.1 Å². The number of allylic oxidation sites excluding steroid dienone is 15. The van der Waals surface area contributed by atoms with Gasteiger partial charge in [0, 0.05) is 24.2 Å². The van der Waals surface area contributed by atoms with Crippen LogP contribution < -0.4 is 0 Å². The molecule has 3 heterocycles. The second kappa shape index (κ2) is 8.34. The molecule has 3 aliphatic heterocycles. The molecule has 0 aromatic rings. The van der Waals surface area contributed by atoms with E-state index < -0.39 is 0 Å². The molecule has 0 bridgehead atoms. The van der Waals surface area contributed by atoms with Crippen LogP contribution in [0.15, 0.2) is 124 Å². The van der Waals surface area contributed by atoms with Crippen LogP contribution in [-0.4, -0.2) is 17.1 Å². The summed E-state index contributed by atoms with van der Waals surface area (Å²) in [5.74, 6) is 0. The zero-order chi connectivity index (χ0) is 16.5. The molecule has 0 amide bonds. The van der Waals surface area contributed by atoms with Gasteiger partial charge in [-0.05, 0) is 30.4 Å². The molecule has 0 fully saturated rings. The largest absolute Gasteiger partial charge is 0.256 e. The lowest BCUT2D eigenvalue weighted by Gasteiger charge is -2.12. The van der Waals surface area contributed by atoms with E-state index in [-0.39, 0.29) is 0 Å². The lowest BCUT2D eigenvalue weighted by molar-refractivity contribution is 1.50. The summed E-state index contributed by atoms with van der Waals surface area (Å²) in [6.07, 6.45) is 32.6. The maximum Gasteiger partial charge on any atom is 0.0980 e. The van der Waals surface area contributed by atoms with Crippen LogP contribution in [-0.2, 0) is 0 Å². The minimum Gasteiger partial charge on any atom is -0.256 e. The number of hydrogen-bond acceptors (Lipinski definition) is 3. The van der Waals surface area contributed by atoms with Crippen molar-refractivity contribution in [3.63, 3.8) is 0 Å². The standard InChI is InChI=1S/C21H17N3/c1-3-9-15-22-19(13-7-1)18-12-6-5-11-17-24-21(18)20-14-8-2-4-10-16-23-20/h1-17H/b3-1-,4-2-,6-5-,7-1?,8-2?,9-3?,10-4?,11-5?,12-6?,13-7-,14-8-,15-9-,16-10-,17-11-,18-12-,19-13?,20-14?,21-18?,22-15?,22-19+,23-16?,23-20+,24-17?,24-21+. The van der Waals surface area contributed by atoms with Crippen molar-refractivity contribution >= 4 is 17.1 Å². The Morgan fingerprint density at radius 3 is 1.75 bits per heavy atom. The maximum atomic E-state index is 4.61. The van der Waals surface area contributed by atoms with Crippen molar-refractivity contribution < 1.29 is 0 Å². The Bertz CT molecular complexity index is 774. The Balaban J connectivity index is 2.06. The molecule has 0 unspecified atom stereocenters. The molecule has 116 valence electrons. The van der Waals surface area contributed by atoms with Crippen LogP contribution in [0.4, 0.5) is 0 Å². The summed E-state index contributed by atoms with van der Waals surface area (Å²) in [5, 5.41) is 0. The van der Waals surface area contributed by atoms with Crippen molar-refractivity contribution in [1.82, 2.24) is 0 Å². The van der Waals surface area contributed by atoms with Crippen molar-refractivity contribution in [3.05, 3.63) is 109 Å². The fraction of sp³-hybridized carbons (Fsp3) is 0. The molecule has 3 nitrogen and oxygen atoms in total.